The van der Waals surface area contributed by atoms with E-state index in [-0.39, 0.29) is 12.0 Å². The maximum absolute atomic E-state index is 12.6. The Morgan fingerprint density at radius 1 is 1.43 bits per heavy atom. The van der Waals surface area contributed by atoms with Gasteiger partial charge in [0.05, 0.1) is 12.7 Å². The van der Waals surface area contributed by atoms with Gasteiger partial charge in [-0.3, -0.25) is 10.1 Å². The third-order valence-electron chi connectivity index (χ3n) is 4.12. The molecule has 0 aromatic heterocycles. The highest BCUT2D eigenvalue weighted by molar-refractivity contribution is 7.99. The van der Waals surface area contributed by atoms with E-state index in [0.29, 0.717) is 18.6 Å². The molecular weight excluding hydrogens is 286 g/mol. The molecule has 1 saturated heterocycles. The van der Waals surface area contributed by atoms with Crippen molar-refractivity contribution in [3.63, 3.8) is 0 Å². The first-order chi connectivity index (χ1) is 10.1. The fourth-order valence-corrected chi connectivity index (χ4v) is 4.44. The van der Waals surface area contributed by atoms with Gasteiger partial charge in [-0.05, 0) is 52.4 Å². The lowest BCUT2D eigenvalue weighted by atomic mass is 9.94. The maximum atomic E-state index is 12.6. The van der Waals surface area contributed by atoms with Gasteiger partial charge in [0.25, 0.3) is 0 Å². The predicted octanol–water partition coefficient (Wildman–Crippen LogP) is 2.61. The van der Waals surface area contributed by atoms with Crippen LogP contribution in [0.1, 0.15) is 46.5 Å². The van der Waals surface area contributed by atoms with E-state index in [1.807, 2.05) is 18.7 Å². The van der Waals surface area contributed by atoms with Crippen LogP contribution in [0.4, 0.5) is 0 Å². The zero-order valence-corrected chi connectivity index (χ0v) is 14.3. The summed E-state index contributed by atoms with van der Waals surface area (Å²) in [7, 11) is 0. The summed E-state index contributed by atoms with van der Waals surface area (Å²) in [4.78, 5) is 12.6. The smallest absolute Gasteiger partial charge is 0.327 e. The van der Waals surface area contributed by atoms with Crippen LogP contribution in [0.5, 0.6) is 0 Å². The molecule has 2 aliphatic rings. The topological polar surface area (TPSA) is 47.6 Å². The van der Waals surface area contributed by atoms with Crippen molar-refractivity contribution >= 4 is 17.7 Å². The van der Waals surface area contributed by atoms with E-state index in [4.69, 9.17) is 9.47 Å². The van der Waals surface area contributed by atoms with Crippen molar-refractivity contribution in [3.8, 4) is 0 Å². The van der Waals surface area contributed by atoms with Gasteiger partial charge in [-0.25, -0.2) is 0 Å². The van der Waals surface area contributed by atoms with Crippen LogP contribution in [0.15, 0.2) is 0 Å². The number of rotatable bonds is 9. The summed E-state index contributed by atoms with van der Waals surface area (Å²) < 4.78 is 11.1. The van der Waals surface area contributed by atoms with Gasteiger partial charge in [0.15, 0.2) is 0 Å². The van der Waals surface area contributed by atoms with Crippen LogP contribution in [0.2, 0.25) is 0 Å². The van der Waals surface area contributed by atoms with Gasteiger partial charge in [-0.15, -0.1) is 0 Å². The summed E-state index contributed by atoms with van der Waals surface area (Å²) in [5, 5.41) is 3.53. The minimum atomic E-state index is -0.507. The average Bonchev–Trinajstić information content (AvgIpc) is 3.16. The zero-order chi connectivity index (χ0) is 15.3. The molecule has 0 spiro atoms. The fourth-order valence-electron chi connectivity index (χ4n) is 3.04. The standard InChI is InChI=1S/C16H29NO3S/c1-4-19-15(18)16(13-7-8-13,17-12(2)3)11-21-10-14-6-5-9-20-14/h12-14,17H,4-11H2,1-3H3. The Morgan fingerprint density at radius 2 is 2.19 bits per heavy atom. The minimum absolute atomic E-state index is 0.0685. The Bertz CT molecular complexity index is 340. The van der Waals surface area contributed by atoms with Crippen LogP contribution in [-0.2, 0) is 14.3 Å². The Kier molecular flexibility index (Phi) is 6.38. The number of esters is 1. The first-order valence-electron chi connectivity index (χ1n) is 8.22. The van der Waals surface area contributed by atoms with Crippen molar-refractivity contribution in [1.82, 2.24) is 5.32 Å². The summed E-state index contributed by atoms with van der Waals surface area (Å²) in [5.74, 6) is 2.12. The molecule has 2 atom stereocenters. The SMILES string of the molecule is CCOC(=O)C(CSCC1CCCO1)(NC(C)C)C1CC1. The average molecular weight is 315 g/mol. The highest BCUT2D eigenvalue weighted by atomic mass is 32.2. The van der Waals surface area contributed by atoms with Gasteiger partial charge in [0.2, 0.25) is 0 Å². The van der Waals surface area contributed by atoms with E-state index in [1.165, 1.54) is 6.42 Å². The summed E-state index contributed by atoms with van der Waals surface area (Å²) in [6, 6.07) is 0.276. The summed E-state index contributed by atoms with van der Waals surface area (Å²) in [6.45, 7) is 7.41. The molecule has 0 radical (unpaired) electrons. The van der Waals surface area contributed by atoms with Gasteiger partial charge < -0.3 is 9.47 Å². The molecule has 5 heteroatoms. The van der Waals surface area contributed by atoms with Gasteiger partial charge in [0.1, 0.15) is 5.54 Å². The van der Waals surface area contributed by atoms with Crippen molar-refractivity contribution in [1.29, 1.82) is 0 Å². The lowest BCUT2D eigenvalue weighted by molar-refractivity contribution is -0.151. The highest BCUT2D eigenvalue weighted by Gasteiger charge is 2.52. The Hall–Kier alpha value is -0.260. The Labute approximate surface area is 132 Å². The van der Waals surface area contributed by atoms with E-state index in [9.17, 15) is 4.79 Å². The molecule has 0 aromatic carbocycles. The lowest BCUT2D eigenvalue weighted by Gasteiger charge is -2.34. The van der Waals surface area contributed by atoms with Crippen LogP contribution in [-0.4, -0.2) is 48.4 Å². The van der Waals surface area contributed by atoms with E-state index in [0.717, 1.165) is 37.4 Å². The first kappa shape index (κ1) is 17.1. The molecular formula is C16H29NO3S. The monoisotopic (exact) mass is 315 g/mol. The number of ether oxygens (including phenoxy) is 2. The van der Waals surface area contributed by atoms with E-state index < -0.39 is 5.54 Å². The van der Waals surface area contributed by atoms with Crippen LogP contribution in [0.25, 0.3) is 0 Å². The molecule has 0 bridgehead atoms. The summed E-state index contributed by atoms with van der Waals surface area (Å²) in [5.41, 5.74) is -0.507. The molecule has 122 valence electrons. The highest BCUT2D eigenvalue weighted by Crippen LogP contribution is 2.42. The second kappa shape index (κ2) is 7.84. The first-order valence-corrected chi connectivity index (χ1v) is 9.38. The third-order valence-corrected chi connectivity index (χ3v) is 5.38. The maximum Gasteiger partial charge on any atom is 0.327 e. The van der Waals surface area contributed by atoms with Gasteiger partial charge in [-0.1, -0.05) is 0 Å². The van der Waals surface area contributed by atoms with Crippen LogP contribution >= 0.6 is 11.8 Å². The molecule has 1 saturated carbocycles. The predicted molar refractivity (Wildman–Crippen MR) is 86.7 cm³/mol. The van der Waals surface area contributed by atoms with Gasteiger partial charge >= 0.3 is 5.97 Å². The minimum Gasteiger partial charge on any atom is -0.465 e. The van der Waals surface area contributed by atoms with E-state index in [1.54, 1.807) is 0 Å². The van der Waals surface area contributed by atoms with Crippen molar-refractivity contribution < 1.29 is 14.3 Å². The largest absolute Gasteiger partial charge is 0.465 e. The molecule has 1 N–H and O–H groups in total. The molecule has 1 aliphatic carbocycles. The van der Waals surface area contributed by atoms with Crippen molar-refractivity contribution in [2.75, 3.05) is 24.7 Å². The zero-order valence-electron chi connectivity index (χ0n) is 13.5. The number of hydrogen-bond donors (Lipinski definition) is 1. The Balaban J connectivity index is 1.96. The molecule has 1 aliphatic heterocycles. The number of carbonyl (C=O) groups excluding carboxylic acids is 1. The fraction of sp³-hybridized carbons (Fsp3) is 0.938. The van der Waals surface area contributed by atoms with Gasteiger partial charge in [-0.2, -0.15) is 11.8 Å². The van der Waals surface area contributed by atoms with Gasteiger partial charge in [0, 0.05) is 24.2 Å². The number of hydrogen-bond acceptors (Lipinski definition) is 5. The third kappa shape index (κ3) is 4.60. The molecule has 0 amide bonds. The van der Waals surface area contributed by atoms with Crippen molar-refractivity contribution in [2.45, 2.75) is 64.1 Å². The lowest BCUT2D eigenvalue weighted by Crippen LogP contribution is -2.59. The second-order valence-electron chi connectivity index (χ2n) is 6.42. The normalized spacial score (nSPS) is 25.0. The number of carbonyl (C=O) groups is 1. The van der Waals surface area contributed by atoms with Crippen LogP contribution in [0.3, 0.4) is 0 Å². The molecule has 0 aromatic rings. The molecule has 4 nitrogen and oxygen atoms in total. The second-order valence-corrected chi connectivity index (χ2v) is 7.45. The van der Waals surface area contributed by atoms with Crippen molar-refractivity contribution in [3.05, 3.63) is 0 Å². The Morgan fingerprint density at radius 3 is 2.71 bits per heavy atom. The van der Waals surface area contributed by atoms with Crippen molar-refractivity contribution in [2.24, 2.45) is 5.92 Å². The van der Waals surface area contributed by atoms with Crippen LogP contribution in [0, 0.1) is 5.92 Å². The summed E-state index contributed by atoms with van der Waals surface area (Å²) >= 11 is 1.83. The molecule has 2 unspecified atom stereocenters. The molecule has 2 rings (SSSR count). The number of thioether (sulfide) groups is 1. The molecule has 1 heterocycles. The number of nitrogens with one attached hydrogen (secondary N) is 1. The van der Waals surface area contributed by atoms with E-state index in [2.05, 4.69) is 19.2 Å². The summed E-state index contributed by atoms with van der Waals surface area (Å²) in [6.07, 6.45) is 4.94. The quantitative estimate of drug-likeness (QED) is 0.663. The molecule has 21 heavy (non-hydrogen) atoms. The van der Waals surface area contributed by atoms with E-state index >= 15 is 0 Å². The van der Waals surface area contributed by atoms with Crippen LogP contribution < -0.4 is 5.32 Å². The molecule has 2 fully saturated rings.